The molecular weight excluding hydrogens is 326 g/mol. The normalized spacial score (nSPS) is 11.0. The molecular formula is C17H13N3OS2. The highest BCUT2D eigenvalue weighted by Crippen LogP contribution is 2.23. The van der Waals surface area contributed by atoms with Crippen LogP contribution in [0, 0.1) is 0 Å². The molecule has 1 N–H and O–H groups in total. The van der Waals surface area contributed by atoms with E-state index in [9.17, 15) is 4.79 Å². The van der Waals surface area contributed by atoms with Crippen LogP contribution >= 0.6 is 22.7 Å². The molecule has 0 aliphatic rings. The summed E-state index contributed by atoms with van der Waals surface area (Å²) in [6, 6.07) is 9.75. The second-order valence-electron chi connectivity index (χ2n) is 5.15. The number of anilines is 1. The summed E-state index contributed by atoms with van der Waals surface area (Å²) in [5, 5.41) is 8.91. The summed E-state index contributed by atoms with van der Waals surface area (Å²) in [6.07, 6.45) is 4.41. The van der Waals surface area contributed by atoms with E-state index in [1.807, 2.05) is 63.3 Å². The Morgan fingerprint density at radius 2 is 2.04 bits per heavy atom. The van der Waals surface area contributed by atoms with Crippen LogP contribution in [0.2, 0.25) is 0 Å². The molecule has 23 heavy (non-hydrogen) atoms. The minimum absolute atomic E-state index is 0.00125. The van der Waals surface area contributed by atoms with Crippen molar-refractivity contribution in [2.45, 2.75) is 6.42 Å². The maximum absolute atomic E-state index is 12.0. The number of nitrogens with one attached hydrogen (secondary N) is 1. The predicted octanol–water partition coefficient (Wildman–Crippen LogP) is 4.31. The van der Waals surface area contributed by atoms with Crippen molar-refractivity contribution in [2.75, 3.05) is 5.32 Å². The van der Waals surface area contributed by atoms with Crippen molar-refractivity contribution < 1.29 is 4.79 Å². The number of hydrogen-bond donors (Lipinski definition) is 1. The highest BCUT2D eigenvalue weighted by Gasteiger charge is 2.07. The molecule has 4 nitrogen and oxygen atoms in total. The first-order valence-corrected chi connectivity index (χ1v) is 8.94. The molecule has 0 saturated carbocycles. The summed E-state index contributed by atoms with van der Waals surface area (Å²) >= 11 is 3.21. The molecule has 6 heteroatoms. The Hall–Kier alpha value is -2.44. The molecule has 114 valence electrons. The lowest BCUT2D eigenvalue weighted by atomic mass is 10.1. The molecule has 1 aromatic carbocycles. The van der Waals surface area contributed by atoms with Crippen LogP contribution in [0.1, 0.15) is 5.56 Å². The minimum Gasteiger partial charge on any atom is -0.326 e. The first-order valence-electron chi connectivity index (χ1n) is 7.11. The third kappa shape index (κ3) is 3.04. The highest BCUT2D eigenvalue weighted by atomic mass is 32.1. The van der Waals surface area contributed by atoms with Gasteiger partial charge in [-0.3, -0.25) is 9.20 Å². The minimum atomic E-state index is -0.00125. The van der Waals surface area contributed by atoms with Crippen LogP contribution in [-0.4, -0.2) is 15.3 Å². The first kappa shape index (κ1) is 14.2. The van der Waals surface area contributed by atoms with Crippen LogP contribution < -0.4 is 5.32 Å². The number of aromatic nitrogens is 2. The average Bonchev–Trinajstić information content (AvgIpc) is 3.24. The molecule has 0 aliphatic carbocycles. The second kappa shape index (κ2) is 5.98. The number of amides is 1. The van der Waals surface area contributed by atoms with Gasteiger partial charge in [-0.15, -0.1) is 11.3 Å². The van der Waals surface area contributed by atoms with Crippen molar-refractivity contribution in [3.63, 3.8) is 0 Å². The fourth-order valence-corrected chi connectivity index (χ4v) is 3.74. The van der Waals surface area contributed by atoms with Crippen LogP contribution in [0.25, 0.3) is 16.2 Å². The third-order valence-electron chi connectivity index (χ3n) is 3.50. The van der Waals surface area contributed by atoms with Gasteiger partial charge in [0, 0.05) is 29.0 Å². The van der Waals surface area contributed by atoms with E-state index in [2.05, 4.69) is 10.3 Å². The van der Waals surface area contributed by atoms with Crippen LogP contribution in [0.15, 0.2) is 58.9 Å². The number of carbonyl (C=O) groups is 1. The molecule has 0 atom stereocenters. The Bertz CT molecular complexity index is 907. The number of rotatable bonds is 4. The molecule has 0 bridgehead atoms. The summed E-state index contributed by atoms with van der Waals surface area (Å²) < 4.78 is 2.01. The van der Waals surface area contributed by atoms with E-state index in [0.717, 1.165) is 27.5 Å². The summed E-state index contributed by atoms with van der Waals surface area (Å²) in [6.45, 7) is 0. The standard InChI is InChI=1S/C17H13N3OS2/c21-16(9-12-5-7-22-11-12)18-14-3-1-13(2-4-14)15-10-20-6-8-23-17(20)19-15/h1-8,10-11H,9H2,(H,18,21). The van der Waals surface area contributed by atoms with Crippen molar-refractivity contribution in [1.29, 1.82) is 0 Å². The zero-order valence-electron chi connectivity index (χ0n) is 12.1. The molecule has 0 fully saturated rings. The van der Waals surface area contributed by atoms with Gasteiger partial charge in [-0.1, -0.05) is 12.1 Å². The molecule has 4 rings (SSSR count). The Morgan fingerprint density at radius 3 is 2.78 bits per heavy atom. The number of thiazole rings is 1. The zero-order chi connectivity index (χ0) is 15.6. The van der Waals surface area contributed by atoms with Crippen LogP contribution in [-0.2, 0) is 11.2 Å². The lowest BCUT2D eigenvalue weighted by Crippen LogP contribution is -2.13. The SMILES string of the molecule is O=C(Cc1ccsc1)Nc1ccc(-c2cn3ccsc3n2)cc1. The third-order valence-corrected chi connectivity index (χ3v) is 5.01. The smallest absolute Gasteiger partial charge is 0.228 e. The number of hydrogen-bond acceptors (Lipinski definition) is 4. The quantitative estimate of drug-likeness (QED) is 0.602. The van der Waals surface area contributed by atoms with Crippen LogP contribution in [0.3, 0.4) is 0 Å². The van der Waals surface area contributed by atoms with E-state index < -0.39 is 0 Å². The van der Waals surface area contributed by atoms with Crippen molar-refractivity contribution >= 4 is 39.2 Å². The number of fused-ring (bicyclic) bond motifs is 1. The van der Waals surface area contributed by atoms with Gasteiger partial charge in [0.05, 0.1) is 12.1 Å². The summed E-state index contributed by atoms with van der Waals surface area (Å²) in [5.74, 6) is -0.00125. The molecule has 0 unspecified atom stereocenters. The molecule has 4 aromatic rings. The Morgan fingerprint density at radius 1 is 1.17 bits per heavy atom. The molecule has 0 radical (unpaired) electrons. The summed E-state index contributed by atoms with van der Waals surface area (Å²) in [4.78, 5) is 17.6. The van der Waals surface area contributed by atoms with Crippen molar-refractivity contribution in [3.8, 4) is 11.3 Å². The van der Waals surface area contributed by atoms with Gasteiger partial charge < -0.3 is 5.32 Å². The number of carbonyl (C=O) groups excluding carboxylic acids is 1. The van der Waals surface area contributed by atoms with Crippen molar-refractivity contribution in [3.05, 3.63) is 64.4 Å². The molecule has 3 heterocycles. The number of nitrogens with zero attached hydrogens (tertiary/aromatic N) is 2. The van der Waals surface area contributed by atoms with Crippen molar-refractivity contribution in [1.82, 2.24) is 9.38 Å². The van der Waals surface area contributed by atoms with E-state index in [4.69, 9.17) is 0 Å². The van der Waals surface area contributed by atoms with Gasteiger partial charge >= 0.3 is 0 Å². The zero-order valence-corrected chi connectivity index (χ0v) is 13.7. The topological polar surface area (TPSA) is 46.4 Å². The lowest BCUT2D eigenvalue weighted by Gasteiger charge is -2.05. The average molecular weight is 339 g/mol. The highest BCUT2D eigenvalue weighted by molar-refractivity contribution is 7.15. The van der Waals surface area contributed by atoms with E-state index in [0.29, 0.717) is 6.42 Å². The van der Waals surface area contributed by atoms with Gasteiger partial charge in [-0.05, 0) is 34.5 Å². The van der Waals surface area contributed by atoms with Gasteiger partial charge in [-0.2, -0.15) is 11.3 Å². The van der Waals surface area contributed by atoms with Gasteiger partial charge in [0.25, 0.3) is 0 Å². The summed E-state index contributed by atoms with van der Waals surface area (Å²) in [5.41, 5.74) is 3.82. The molecule has 0 aliphatic heterocycles. The Kier molecular flexibility index (Phi) is 3.69. The van der Waals surface area contributed by atoms with Gasteiger partial charge in [0.15, 0.2) is 4.96 Å². The molecule has 3 aromatic heterocycles. The van der Waals surface area contributed by atoms with E-state index in [1.165, 1.54) is 0 Å². The van der Waals surface area contributed by atoms with Gasteiger partial charge in [-0.25, -0.2) is 4.98 Å². The van der Waals surface area contributed by atoms with E-state index in [1.54, 1.807) is 22.7 Å². The lowest BCUT2D eigenvalue weighted by molar-refractivity contribution is -0.115. The van der Waals surface area contributed by atoms with E-state index in [-0.39, 0.29) is 5.91 Å². The van der Waals surface area contributed by atoms with Gasteiger partial charge in [0.1, 0.15) is 0 Å². The fourth-order valence-electron chi connectivity index (χ4n) is 2.37. The van der Waals surface area contributed by atoms with Crippen molar-refractivity contribution in [2.24, 2.45) is 0 Å². The van der Waals surface area contributed by atoms with Crippen LogP contribution in [0.4, 0.5) is 5.69 Å². The Labute approximate surface area is 141 Å². The van der Waals surface area contributed by atoms with E-state index >= 15 is 0 Å². The second-order valence-corrected chi connectivity index (χ2v) is 6.81. The largest absolute Gasteiger partial charge is 0.326 e. The summed E-state index contributed by atoms with van der Waals surface area (Å²) in [7, 11) is 0. The number of benzene rings is 1. The monoisotopic (exact) mass is 339 g/mol. The number of imidazole rings is 1. The maximum atomic E-state index is 12.0. The van der Waals surface area contributed by atoms with Crippen LogP contribution in [0.5, 0.6) is 0 Å². The molecule has 0 saturated heterocycles. The maximum Gasteiger partial charge on any atom is 0.228 e. The fraction of sp³-hybridized carbons (Fsp3) is 0.0588. The van der Waals surface area contributed by atoms with Gasteiger partial charge in [0.2, 0.25) is 5.91 Å². The first-order chi connectivity index (χ1) is 11.3. The number of thiophene rings is 1. The molecule has 0 spiro atoms. The predicted molar refractivity (Wildman–Crippen MR) is 95.2 cm³/mol. The Balaban J connectivity index is 1.47. The molecule has 1 amide bonds.